The molecule has 1 rings (SSSR count). The smallest absolute Gasteiger partial charge is 0.410 e. The first-order valence-corrected chi connectivity index (χ1v) is 8.95. The molecule has 1 aromatic rings. The van der Waals surface area contributed by atoms with E-state index in [1.807, 2.05) is 27.7 Å². The molecule has 0 aliphatic heterocycles. The van der Waals surface area contributed by atoms with E-state index in [0.717, 1.165) is 6.42 Å². The van der Waals surface area contributed by atoms with E-state index in [0.29, 0.717) is 43.0 Å². The predicted molar refractivity (Wildman–Crippen MR) is 101 cm³/mol. The van der Waals surface area contributed by atoms with Gasteiger partial charge in [0.05, 0.1) is 19.8 Å². The van der Waals surface area contributed by atoms with Crippen LogP contribution in [0.15, 0.2) is 18.2 Å². The lowest BCUT2D eigenvalue weighted by atomic mass is 10.0. The summed E-state index contributed by atoms with van der Waals surface area (Å²) in [5.41, 5.74) is 0.0403. The Labute approximate surface area is 156 Å². The SMILES string of the molecule is CCN(CCCCC(=O)c1ccc(OC)cc1OC)C(=O)OC(C)(C)C. The van der Waals surface area contributed by atoms with Crippen molar-refractivity contribution < 1.29 is 23.8 Å². The van der Waals surface area contributed by atoms with Crippen molar-refractivity contribution in [3.05, 3.63) is 23.8 Å². The molecule has 0 aromatic heterocycles. The standard InChI is InChI=1S/C20H31NO5/c1-7-21(19(23)26-20(2,3)4)13-9-8-10-17(22)16-12-11-15(24-5)14-18(16)25-6/h11-12,14H,7-10,13H2,1-6H3. The van der Waals surface area contributed by atoms with Crippen LogP contribution in [0.5, 0.6) is 11.5 Å². The van der Waals surface area contributed by atoms with Crippen molar-refractivity contribution in [2.75, 3.05) is 27.3 Å². The number of unbranched alkanes of at least 4 members (excludes halogenated alkanes) is 1. The topological polar surface area (TPSA) is 65.1 Å². The third kappa shape index (κ3) is 6.94. The van der Waals surface area contributed by atoms with E-state index >= 15 is 0 Å². The van der Waals surface area contributed by atoms with Gasteiger partial charge in [-0.25, -0.2) is 4.79 Å². The molecule has 0 atom stereocenters. The van der Waals surface area contributed by atoms with Gasteiger partial charge in [0.2, 0.25) is 0 Å². The van der Waals surface area contributed by atoms with Gasteiger partial charge in [0.15, 0.2) is 5.78 Å². The summed E-state index contributed by atoms with van der Waals surface area (Å²) >= 11 is 0. The summed E-state index contributed by atoms with van der Waals surface area (Å²) in [6.07, 6.45) is 1.50. The van der Waals surface area contributed by atoms with Crippen LogP contribution in [0.1, 0.15) is 57.3 Å². The van der Waals surface area contributed by atoms with E-state index in [4.69, 9.17) is 14.2 Å². The second-order valence-corrected chi connectivity index (χ2v) is 7.01. The highest BCUT2D eigenvalue weighted by atomic mass is 16.6. The van der Waals surface area contributed by atoms with Gasteiger partial charge in [-0.3, -0.25) is 4.79 Å². The van der Waals surface area contributed by atoms with Gasteiger partial charge in [0, 0.05) is 25.6 Å². The number of ether oxygens (including phenoxy) is 3. The molecule has 0 aliphatic rings. The number of rotatable bonds is 9. The Morgan fingerprint density at radius 1 is 1.08 bits per heavy atom. The summed E-state index contributed by atoms with van der Waals surface area (Å²) in [5.74, 6) is 1.18. The van der Waals surface area contributed by atoms with Crippen LogP contribution in [0.2, 0.25) is 0 Å². The number of carbonyl (C=O) groups is 2. The normalized spacial score (nSPS) is 11.0. The number of Topliss-reactive ketones (excluding diaryl/α,β-unsaturated/α-hetero) is 1. The first kappa shape index (κ1) is 21.8. The molecular weight excluding hydrogens is 334 g/mol. The van der Waals surface area contributed by atoms with Crippen molar-refractivity contribution in [1.29, 1.82) is 0 Å². The molecule has 0 fully saturated rings. The molecule has 0 N–H and O–H groups in total. The Kier molecular flexibility index (Phi) is 8.42. The van der Waals surface area contributed by atoms with Crippen molar-refractivity contribution >= 4 is 11.9 Å². The molecule has 6 nitrogen and oxygen atoms in total. The third-order valence-electron chi connectivity index (χ3n) is 3.82. The Hall–Kier alpha value is -2.24. The summed E-state index contributed by atoms with van der Waals surface area (Å²) in [6.45, 7) is 8.60. The van der Waals surface area contributed by atoms with Gasteiger partial charge in [0.25, 0.3) is 0 Å². The highest BCUT2D eigenvalue weighted by Gasteiger charge is 2.21. The van der Waals surface area contributed by atoms with E-state index < -0.39 is 5.60 Å². The van der Waals surface area contributed by atoms with Crippen LogP contribution in [0.4, 0.5) is 4.79 Å². The number of amides is 1. The van der Waals surface area contributed by atoms with Crippen LogP contribution in [0.25, 0.3) is 0 Å². The second-order valence-electron chi connectivity index (χ2n) is 7.01. The largest absolute Gasteiger partial charge is 0.497 e. The zero-order valence-electron chi connectivity index (χ0n) is 16.8. The Morgan fingerprint density at radius 3 is 2.31 bits per heavy atom. The maximum Gasteiger partial charge on any atom is 0.410 e. The molecule has 0 spiro atoms. The Morgan fingerprint density at radius 2 is 1.77 bits per heavy atom. The van der Waals surface area contributed by atoms with Gasteiger partial charge in [-0.05, 0) is 52.7 Å². The zero-order valence-corrected chi connectivity index (χ0v) is 16.8. The molecule has 0 bridgehead atoms. The third-order valence-corrected chi connectivity index (χ3v) is 3.82. The van der Waals surface area contributed by atoms with E-state index in [-0.39, 0.29) is 11.9 Å². The zero-order chi connectivity index (χ0) is 19.7. The first-order valence-electron chi connectivity index (χ1n) is 8.95. The number of hydrogen-bond acceptors (Lipinski definition) is 5. The number of nitrogens with zero attached hydrogens (tertiary/aromatic N) is 1. The maximum absolute atomic E-state index is 12.4. The molecule has 6 heteroatoms. The van der Waals surface area contributed by atoms with Gasteiger partial charge in [-0.2, -0.15) is 0 Å². The summed E-state index contributed by atoms with van der Waals surface area (Å²) < 4.78 is 15.8. The van der Waals surface area contributed by atoms with Crippen molar-refractivity contribution in [3.8, 4) is 11.5 Å². The molecule has 0 heterocycles. The van der Waals surface area contributed by atoms with E-state index in [2.05, 4.69) is 0 Å². The number of carbonyl (C=O) groups excluding carboxylic acids is 2. The average molecular weight is 365 g/mol. The van der Waals surface area contributed by atoms with Gasteiger partial charge in [0.1, 0.15) is 17.1 Å². The lowest BCUT2D eigenvalue weighted by Gasteiger charge is -2.26. The Bertz CT molecular complexity index is 607. The molecule has 1 amide bonds. The van der Waals surface area contributed by atoms with Gasteiger partial charge >= 0.3 is 6.09 Å². The quantitative estimate of drug-likeness (QED) is 0.482. The molecule has 0 radical (unpaired) electrons. The highest BCUT2D eigenvalue weighted by Crippen LogP contribution is 2.26. The van der Waals surface area contributed by atoms with Crippen LogP contribution in [-0.4, -0.2) is 49.7 Å². The number of ketones is 1. The number of methoxy groups -OCH3 is 2. The molecule has 0 unspecified atom stereocenters. The first-order chi connectivity index (χ1) is 12.2. The monoisotopic (exact) mass is 365 g/mol. The molecule has 0 saturated heterocycles. The van der Waals surface area contributed by atoms with Gasteiger partial charge in [-0.1, -0.05) is 0 Å². The van der Waals surface area contributed by atoms with Crippen LogP contribution in [0.3, 0.4) is 0 Å². The molecule has 26 heavy (non-hydrogen) atoms. The summed E-state index contributed by atoms with van der Waals surface area (Å²) in [5, 5.41) is 0. The van der Waals surface area contributed by atoms with Crippen LogP contribution in [0, 0.1) is 0 Å². The maximum atomic E-state index is 12.4. The van der Waals surface area contributed by atoms with Crippen molar-refractivity contribution in [2.45, 2.75) is 52.6 Å². The summed E-state index contributed by atoms with van der Waals surface area (Å²) in [7, 11) is 3.10. The van der Waals surface area contributed by atoms with Crippen molar-refractivity contribution in [3.63, 3.8) is 0 Å². The highest BCUT2D eigenvalue weighted by molar-refractivity contribution is 5.98. The molecule has 146 valence electrons. The van der Waals surface area contributed by atoms with Gasteiger partial charge in [-0.15, -0.1) is 0 Å². The van der Waals surface area contributed by atoms with E-state index in [9.17, 15) is 9.59 Å². The number of benzene rings is 1. The van der Waals surface area contributed by atoms with Crippen molar-refractivity contribution in [1.82, 2.24) is 4.90 Å². The number of hydrogen-bond donors (Lipinski definition) is 0. The van der Waals surface area contributed by atoms with E-state index in [1.165, 1.54) is 7.11 Å². The van der Waals surface area contributed by atoms with Crippen molar-refractivity contribution in [2.24, 2.45) is 0 Å². The summed E-state index contributed by atoms with van der Waals surface area (Å²) in [6, 6.07) is 5.17. The molecule has 0 saturated carbocycles. The molecule has 0 aliphatic carbocycles. The molecule has 1 aromatic carbocycles. The lowest BCUT2D eigenvalue weighted by molar-refractivity contribution is 0.0257. The minimum absolute atomic E-state index is 0.0184. The minimum atomic E-state index is -0.509. The lowest BCUT2D eigenvalue weighted by Crippen LogP contribution is -2.37. The fourth-order valence-electron chi connectivity index (χ4n) is 2.46. The minimum Gasteiger partial charge on any atom is -0.497 e. The molecular formula is C20H31NO5. The fourth-order valence-corrected chi connectivity index (χ4v) is 2.46. The fraction of sp³-hybridized carbons (Fsp3) is 0.600. The van der Waals surface area contributed by atoms with Gasteiger partial charge < -0.3 is 19.1 Å². The average Bonchev–Trinajstić information content (AvgIpc) is 2.59. The Balaban J connectivity index is 2.52. The van der Waals surface area contributed by atoms with Crippen LogP contribution < -0.4 is 9.47 Å². The predicted octanol–water partition coefficient (Wildman–Crippen LogP) is 4.31. The van der Waals surface area contributed by atoms with E-state index in [1.54, 1.807) is 30.2 Å². The second kappa shape index (κ2) is 10.0. The van der Waals surface area contributed by atoms with Crippen LogP contribution in [-0.2, 0) is 4.74 Å². The summed E-state index contributed by atoms with van der Waals surface area (Å²) in [4.78, 5) is 26.2. The van der Waals surface area contributed by atoms with Crippen LogP contribution >= 0.6 is 0 Å².